The van der Waals surface area contributed by atoms with E-state index in [4.69, 9.17) is 14.2 Å². The lowest BCUT2D eigenvalue weighted by Gasteiger charge is -2.64. The van der Waals surface area contributed by atoms with Crippen LogP contribution >= 0.6 is 0 Å². The normalized spacial score (nSPS) is 55.2. The highest BCUT2D eigenvalue weighted by molar-refractivity contribution is 5.85. The first kappa shape index (κ1) is 27.8. The third-order valence-corrected chi connectivity index (χ3v) is 11.8. The van der Waals surface area contributed by atoms with Gasteiger partial charge >= 0.3 is 5.97 Å². The number of fused-ring (bicyclic) bond motifs is 5. The Morgan fingerprint density at radius 3 is 2.51 bits per heavy atom. The van der Waals surface area contributed by atoms with Crippen LogP contribution in [0.4, 0.5) is 0 Å². The van der Waals surface area contributed by atoms with Gasteiger partial charge in [0.05, 0.1) is 23.9 Å². The highest BCUT2D eigenvalue weighted by Gasteiger charge is 2.71. The minimum Gasteiger partial charge on any atom is -0.458 e. The molecule has 6 rings (SSSR count). The molecule has 4 aliphatic carbocycles. The van der Waals surface area contributed by atoms with E-state index < -0.39 is 53.2 Å². The van der Waals surface area contributed by atoms with Gasteiger partial charge in [-0.05, 0) is 81.6 Å². The largest absolute Gasteiger partial charge is 0.458 e. The number of ether oxygens (including phenoxy) is 3. The van der Waals surface area contributed by atoms with E-state index in [1.165, 1.54) is 0 Å². The SMILES string of the molecule is C[C@H]1O[C@@H](O[C@H]2CC[C@@]3(C=O)[C@H](CC[C@@H]4[C@@H]3[C@H](O)C[C@]3(C)[C@@H](C5=CC(=O)OC5)CC[C@]43O)C2)[C@H](O)[C@H](O)[C@H]1O. The summed E-state index contributed by atoms with van der Waals surface area (Å²) >= 11 is 0. The van der Waals surface area contributed by atoms with Crippen LogP contribution in [0.15, 0.2) is 11.6 Å². The molecule has 10 nitrogen and oxygen atoms in total. The maximum Gasteiger partial charge on any atom is 0.331 e. The minimum atomic E-state index is -1.39. The van der Waals surface area contributed by atoms with E-state index in [0.717, 1.165) is 11.9 Å². The molecule has 10 heteroatoms. The smallest absolute Gasteiger partial charge is 0.331 e. The Balaban J connectivity index is 1.22. The summed E-state index contributed by atoms with van der Waals surface area (Å²) in [6.45, 7) is 3.87. The quantitative estimate of drug-likeness (QED) is 0.190. The fraction of sp³-hybridized carbons (Fsp3) is 0.862. The van der Waals surface area contributed by atoms with Gasteiger partial charge in [-0.15, -0.1) is 0 Å². The predicted octanol–water partition coefficient (Wildman–Crippen LogP) is 0.606. The first-order valence-corrected chi connectivity index (χ1v) is 14.5. The van der Waals surface area contributed by atoms with E-state index in [1.54, 1.807) is 13.0 Å². The van der Waals surface area contributed by atoms with Gasteiger partial charge in [-0.1, -0.05) is 6.92 Å². The Bertz CT molecular complexity index is 1030. The van der Waals surface area contributed by atoms with Gasteiger partial charge in [-0.3, -0.25) is 0 Å². The lowest BCUT2D eigenvalue weighted by molar-refractivity contribution is -0.310. The van der Waals surface area contributed by atoms with Crippen molar-refractivity contribution >= 4 is 12.3 Å². The number of cyclic esters (lactones) is 1. The maximum absolute atomic E-state index is 13.0. The van der Waals surface area contributed by atoms with Crippen molar-refractivity contribution in [1.82, 2.24) is 0 Å². The summed E-state index contributed by atoms with van der Waals surface area (Å²) in [7, 11) is 0. The van der Waals surface area contributed by atoms with Gasteiger partial charge < -0.3 is 44.5 Å². The van der Waals surface area contributed by atoms with Crippen molar-refractivity contribution < 1.29 is 49.3 Å². The zero-order valence-corrected chi connectivity index (χ0v) is 22.6. The summed E-state index contributed by atoms with van der Waals surface area (Å²) in [5.41, 5.74) is -1.59. The van der Waals surface area contributed by atoms with Crippen molar-refractivity contribution in [2.75, 3.05) is 6.61 Å². The van der Waals surface area contributed by atoms with Crippen LogP contribution in [0, 0.1) is 34.5 Å². The number of hydrogen-bond donors (Lipinski definition) is 5. The summed E-state index contributed by atoms with van der Waals surface area (Å²) in [6, 6.07) is 0. The number of hydrogen-bond acceptors (Lipinski definition) is 10. The molecule has 0 aromatic carbocycles. The van der Waals surface area contributed by atoms with Crippen LogP contribution in [-0.4, -0.2) is 92.9 Å². The molecular formula is C29H42O10. The van der Waals surface area contributed by atoms with Gasteiger partial charge in [0.1, 0.15) is 31.2 Å². The van der Waals surface area contributed by atoms with Gasteiger partial charge in [0.15, 0.2) is 6.29 Å². The molecule has 4 saturated carbocycles. The van der Waals surface area contributed by atoms with Crippen molar-refractivity contribution in [1.29, 1.82) is 0 Å². The molecule has 0 bridgehead atoms. The van der Waals surface area contributed by atoms with E-state index >= 15 is 0 Å². The van der Waals surface area contributed by atoms with Crippen molar-refractivity contribution in [2.24, 2.45) is 34.5 Å². The summed E-state index contributed by atoms with van der Waals surface area (Å²) in [5, 5.41) is 54.6. The Labute approximate surface area is 228 Å². The third-order valence-electron chi connectivity index (χ3n) is 11.8. The molecule has 218 valence electrons. The number of aliphatic hydroxyl groups excluding tert-OH is 4. The number of carbonyl (C=O) groups is 2. The van der Waals surface area contributed by atoms with Crippen molar-refractivity contribution in [3.8, 4) is 0 Å². The molecule has 5 N–H and O–H groups in total. The van der Waals surface area contributed by atoms with Crippen LogP contribution in [0.3, 0.4) is 0 Å². The summed E-state index contributed by atoms with van der Waals surface area (Å²) in [6.07, 6.45) is 0.248. The Morgan fingerprint density at radius 1 is 1.05 bits per heavy atom. The van der Waals surface area contributed by atoms with Gasteiger partial charge in [-0.2, -0.15) is 0 Å². The van der Waals surface area contributed by atoms with E-state index in [-0.39, 0.29) is 42.4 Å². The van der Waals surface area contributed by atoms with E-state index in [9.17, 15) is 35.1 Å². The fourth-order valence-corrected chi connectivity index (χ4v) is 9.81. The average molecular weight is 551 g/mol. The highest BCUT2D eigenvalue weighted by atomic mass is 16.7. The Morgan fingerprint density at radius 2 is 1.82 bits per heavy atom. The Hall–Kier alpha value is -1.40. The van der Waals surface area contributed by atoms with Gasteiger partial charge in [0, 0.05) is 22.8 Å². The summed E-state index contributed by atoms with van der Waals surface area (Å²) < 4.78 is 16.9. The molecular weight excluding hydrogens is 508 g/mol. The van der Waals surface area contributed by atoms with Crippen LogP contribution < -0.4 is 0 Å². The molecule has 0 aromatic heterocycles. The van der Waals surface area contributed by atoms with E-state index in [2.05, 4.69) is 0 Å². The van der Waals surface area contributed by atoms with Crippen LogP contribution in [0.1, 0.15) is 65.2 Å². The molecule has 2 heterocycles. The third kappa shape index (κ3) is 3.93. The highest BCUT2D eigenvalue weighted by Crippen LogP contribution is 2.69. The fourth-order valence-electron chi connectivity index (χ4n) is 9.81. The molecule has 2 aliphatic heterocycles. The second-order valence-corrected chi connectivity index (χ2v) is 13.4. The monoisotopic (exact) mass is 550 g/mol. The zero-order chi connectivity index (χ0) is 27.9. The molecule has 0 aromatic rings. The Kier molecular flexibility index (Phi) is 6.81. The predicted molar refractivity (Wildman–Crippen MR) is 135 cm³/mol. The zero-order valence-electron chi connectivity index (χ0n) is 22.6. The van der Waals surface area contributed by atoms with Crippen LogP contribution in [0.2, 0.25) is 0 Å². The number of rotatable bonds is 4. The van der Waals surface area contributed by atoms with E-state index in [0.29, 0.717) is 51.4 Å². The number of aldehydes is 1. The number of esters is 1. The van der Waals surface area contributed by atoms with Crippen molar-refractivity contribution in [3.05, 3.63) is 11.6 Å². The van der Waals surface area contributed by atoms with Gasteiger partial charge in [-0.25, -0.2) is 4.79 Å². The van der Waals surface area contributed by atoms with Crippen molar-refractivity contribution in [2.45, 2.75) is 114 Å². The minimum absolute atomic E-state index is 0.0585. The topological polar surface area (TPSA) is 163 Å². The van der Waals surface area contributed by atoms with Crippen LogP contribution in [0.25, 0.3) is 0 Å². The molecule has 0 amide bonds. The average Bonchev–Trinajstić information content (AvgIpc) is 3.45. The molecule has 14 atom stereocenters. The van der Waals surface area contributed by atoms with Crippen molar-refractivity contribution in [3.63, 3.8) is 0 Å². The van der Waals surface area contributed by atoms with Gasteiger partial charge in [0.2, 0.25) is 0 Å². The first-order chi connectivity index (χ1) is 18.4. The molecule has 0 unspecified atom stereocenters. The molecule has 0 spiro atoms. The summed E-state index contributed by atoms with van der Waals surface area (Å²) in [5.74, 6) is -1.10. The van der Waals surface area contributed by atoms with E-state index in [1.807, 2.05) is 6.92 Å². The van der Waals surface area contributed by atoms with Crippen LogP contribution in [0.5, 0.6) is 0 Å². The molecule has 5 fully saturated rings. The maximum atomic E-state index is 13.0. The summed E-state index contributed by atoms with van der Waals surface area (Å²) in [4.78, 5) is 24.7. The lowest BCUT2D eigenvalue weighted by atomic mass is 9.42. The first-order valence-electron chi connectivity index (χ1n) is 14.5. The molecule has 1 saturated heterocycles. The molecule has 39 heavy (non-hydrogen) atoms. The standard InChI is InChI=1S/C29H42O10/c1-14-23(33)24(34)25(35)26(38-14)39-17-5-7-28(13-30)16(10-17)3-4-19-22(28)20(31)11-27(2)18(6-8-29(19,27)36)15-9-21(32)37-12-15/h9,13-14,16-20,22-26,31,33-36H,3-8,10-12H2,1-2H3/t14-,16-,17+,18-,19-,20-,22-,23+,24-,25-,26+,27-,28-,29+/m1/s1. The van der Waals surface area contributed by atoms with Gasteiger partial charge in [0.25, 0.3) is 0 Å². The number of aliphatic hydroxyl groups is 5. The molecule has 0 radical (unpaired) electrons. The van der Waals surface area contributed by atoms with Crippen LogP contribution in [-0.2, 0) is 23.8 Å². The second kappa shape index (κ2) is 9.58. The molecule has 6 aliphatic rings. The lowest BCUT2D eigenvalue weighted by Crippen LogP contribution is -2.67. The second-order valence-electron chi connectivity index (χ2n) is 13.4. The number of carbonyl (C=O) groups excluding carboxylic acids is 2.